The summed E-state index contributed by atoms with van der Waals surface area (Å²) in [6.07, 6.45) is 1.52. The summed E-state index contributed by atoms with van der Waals surface area (Å²) in [6, 6.07) is 22.0. The lowest BCUT2D eigenvalue weighted by Gasteiger charge is -2.28. The van der Waals surface area contributed by atoms with Crippen LogP contribution in [0.15, 0.2) is 82.8 Å². The lowest BCUT2D eigenvalue weighted by molar-refractivity contribution is -0.122. The van der Waals surface area contributed by atoms with Gasteiger partial charge in [-0.05, 0) is 61.1 Å². The molecule has 0 spiro atoms. The number of para-hydroxylation sites is 1. The second-order valence-corrected chi connectivity index (χ2v) is 8.55. The predicted octanol–water partition coefficient (Wildman–Crippen LogP) is 5.26. The average Bonchev–Trinajstić information content (AvgIpc) is 2.83. The Balaban J connectivity index is 1.61. The van der Waals surface area contributed by atoms with E-state index >= 15 is 0 Å². The third-order valence-electron chi connectivity index (χ3n) is 5.04. The van der Waals surface area contributed by atoms with Crippen LogP contribution in [-0.4, -0.2) is 23.5 Å². The number of thiocarbonyl (C=S) groups is 1. The lowest BCUT2D eigenvalue weighted by Crippen LogP contribution is -2.54. The van der Waals surface area contributed by atoms with Crippen LogP contribution in [0.3, 0.4) is 0 Å². The van der Waals surface area contributed by atoms with Crippen LogP contribution in [0.25, 0.3) is 6.08 Å². The van der Waals surface area contributed by atoms with E-state index in [9.17, 15) is 9.59 Å². The van der Waals surface area contributed by atoms with E-state index in [4.69, 9.17) is 21.7 Å². The number of rotatable bonds is 7. The first-order valence-corrected chi connectivity index (χ1v) is 11.8. The molecule has 3 aromatic rings. The normalized spacial score (nSPS) is 14.8. The minimum atomic E-state index is -0.547. The number of benzene rings is 3. The molecule has 34 heavy (non-hydrogen) atoms. The van der Waals surface area contributed by atoms with Crippen LogP contribution >= 0.6 is 28.1 Å². The largest absolute Gasteiger partial charge is 0.490 e. The third-order valence-corrected chi connectivity index (χ3v) is 6.09. The highest BCUT2D eigenvalue weighted by Crippen LogP contribution is 2.31. The van der Waals surface area contributed by atoms with Crippen molar-refractivity contribution in [3.05, 3.63) is 94.0 Å². The number of hydrogen-bond acceptors (Lipinski definition) is 5. The second-order valence-electron chi connectivity index (χ2n) is 7.31. The number of anilines is 1. The van der Waals surface area contributed by atoms with Crippen molar-refractivity contribution in [2.75, 3.05) is 11.5 Å². The number of halogens is 1. The standard InChI is InChI=1S/C26H21BrN2O4S/c1-2-32-23-15-17(12-13-22(23)33-16-18-8-6-7-11-21(18)27)14-20-24(30)28-26(34)29(25(20)31)19-9-4-3-5-10-19/h3-15H,2,16H2,1H3,(H,28,30,34)/b20-14-. The van der Waals surface area contributed by atoms with Gasteiger partial charge in [-0.25, -0.2) is 0 Å². The van der Waals surface area contributed by atoms with E-state index in [2.05, 4.69) is 21.2 Å². The van der Waals surface area contributed by atoms with Gasteiger partial charge in [0.25, 0.3) is 11.8 Å². The van der Waals surface area contributed by atoms with Crippen molar-refractivity contribution in [3.8, 4) is 11.5 Å². The highest BCUT2D eigenvalue weighted by atomic mass is 79.9. The van der Waals surface area contributed by atoms with Crippen LogP contribution in [0.5, 0.6) is 11.5 Å². The Morgan fingerprint density at radius 2 is 1.71 bits per heavy atom. The van der Waals surface area contributed by atoms with Gasteiger partial charge in [0.05, 0.1) is 12.3 Å². The molecule has 0 saturated carbocycles. The number of carbonyl (C=O) groups is 2. The van der Waals surface area contributed by atoms with Gasteiger partial charge in [0, 0.05) is 10.0 Å². The first-order valence-electron chi connectivity index (χ1n) is 10.6. The van der Waals surface area contributed by atoms with E-state index in [1.54, 1.807) is 42.5 Å². The van der Waals surface area contributed by atoms with Gasteiger partial charge >= 0.3 is 0 Å². The fraction of sp³-hybridized carbons (Fsp3) is 0.115. The molecule has 1 aliphatic heterocycles. The van der Waals surface area contributed by atoms with Gasteiger partial charge in [0.15, 0.2) is 16.6 Å². The number of nitrogens with one attached hydrogen (secondary N) is 1. The van der Waals surface area contributed by atoms with Crippen LogP contribution in [0, 0.1) is 0 Å². The molecule has 8 heteroatoms. The average molecular weight is 537 g/mol. The molecule has 1 N–H and O–H groups in total. The second kappa shape index (κ2) is 10.6. The molecule has 2 amide bonds. The number of hydrogen-bond donors (Lipinski definition) is 1. The third kappa shape index (κ3) is 5.18. The molecule has 0 atom stereocenters. The quantitative estimate of drug-likeness (QED) is 0.253. The molecular weight excluding hydrogens is 516 g/mol. The molecule has 0 unspecified atom stereocenters. The molecule has 0 aromatic heterocycles. The molecule has 172 valence electrons. The number of ether oxygens (including phenoxy) is 2. The van der Waals surface area contributed by atoms with Gasteiger partial charge < -0.3 is 9.47 Å². The molecule has 1 fully saturated rings. The Labute approximate surface area is 211 Å². The zero-order valence-electron chi connectivity index (χ0n) is 18.3. The molecule has 1 saturated heterocycles. The maximum absolute atomic E-state index is 13.2. The molecule has 4 rings (SSSR count). The predicted molar refractivity (Wildman–Crippen MR) is 139 cm³/mol. The maximum atomic E-state index is 13.2. The summed E-state index contributed by atoms with van der Waals surface area (Å²) in [5.74, 6) is 0.0378. The Morgan fingerprint density at radius 1 is 0.971 bits per heavy atom. The Bertz CT molecular complexity index is 1280. The Hall–Kier alpha value is -3.49. The highest BCUT2D eigenvalue weighted by molar-refractivity contribution is 9.10. The number of amides is 2. The molecule has 0 bridgehead atoms. The van der Waals surface area contributed by atoms with E-state index in [1.165, 1.54) is 11.0 Å². The molecular formula is C26H21BrN2O4S. The van der Waals surface area contributed by atoms with Gasteiger partial charge in [-0.15, -0.1) is 0 Å². The summed E-state index contributed by atoms with van der Waals surface area (Å²) in [4.78, 5) is 27.1. The minimum absolute atomic E-state index is 0.0261. The SMILES string of the molecule is CCOc1cc(/C=C2/C(=O)NC(=S)N(c3ccccc3)C2=O)ccc1OCc1ccccc1Br. The molecule has 3 aromatic carbocycles. The van der Waals surface area contributed by atoms with E-state index in [-0.39, 0.29) is 10.7 Å². The van der Waals surface area contributed by atoms with Crippen LogP contribution in [0.4, 0.5) is 5.69 Å². The number of nitrogens with zero attached hydrogens (tertiary/aromatic N) is 1. The van der Waals surface area contributed by atoms with Crippen molar-refractivity contribution < 1.29 is 19.1 Å². The monoisotopic (exact) mass is 536 g/mol. The van der Waals surface area contributed by atoms with Crippen molar-refractivity contribution in [3.63, 3.8) is 0 Å². The Kier molecular flexibility index (Phi) is 7.40. The first kappa shape index (κ1) is 23.7. The Morgan fingerprint density at radius 3 is 2.44 bits per heavy atom. The smallest absolute Gasteiger partial charge is 0.270 e. The topological polar surface area (TPSA) is 67.9 Å². The lowest BCUT2D eigenvalue weighted by atomic mass is 10.1. The molecule has 6 nitrogen and oxygen atoms in total. The van der Waals surface area contributed by atoms with Crippen LogP contribution in [0.1, 0.15) is 18.1 Å². The van der Waals surface area contributed by atoms with E-state index in [1.807, 2.05) is 37.3 Å². The fourth-order valence-corrected chi connectivity index (χ4v) is 4.09. The number of carbonyl (C=O) groups excluding carboxylic acids is 2. The van der Waals surface area contributed by atoms with Crippen molar-refractivity contribution in [1.29, 1.82) is 0 Å². The fourth-order valence-electron chi connectivity index (χ4n) is 3.41. The van der Waals surface area contributed by atoms with Gasteiger partial charge in [-0.3, -0.25) is 19.8 Å². The highest BCUT2D eigenvalue weighted by Gasteiger charge is 2.34. The van der Waals surface area contributed by atoms with Gasteiger partial charge in [-0.2, -0.15) is 0 Å². The van der Waals surface area contributed by atoms with Crippen LogP contribution in [0.2, 0.25) is 0 Å². The van der Waals surface area contributed by atoms with E-state index in [0.29, 0.717) is 36.0 Å². The van der Waals surface area contributed by atoms with Crippen molar-refractivity contribution in [2.24, 2.45) is 0 Å². The maximum Gasteiger partial charge on any atom is 0.270 e. The van der Waals surface area contributed by atoms with Crippen molar-refractivity contribution in [1.82, 2.24) is 5.32 Å². The van der Waals surface area contributed by atoms with Crippen molar-refractivity contribution in [2.45, 2.75) is 13.5 Å². The van der Waals surface area contributed by atoms with E-state index < -0.39 is 11.8 Å². The van der Waals surface area contributed by atoms with Crippen LogP contribution in [-0.2, 0) is 16.2 Å². The van der Waals surface area contributed by atoms with Gasteiger partial charge in [-0.1, -0.05) is 58.4 Å². The summed E-state index contributed by atoms with van der Waals surface area (Å²) in [5.41, 5.74) is 2.17. The van der Waals surface area contributed by atoms with Crippen LogP contribution < -0.4 is 19.7 Å². The van der Waals surface area contributed by atoms with Gasteiger partial charge in [0.2, 0.25) is 0 Å². The van der Waals surface area contributed by atoms with Gasteiger partial charge in [0.1, 0.15) is 12.2 Å². The summed E-state index contributed by atoms with van der Waals surface area (Å²) >= 11 is 8.76. The zero-order valence-corrected chi connectivity index (χ0v) is 20.7. The molecule has 0 radical (unpaired) electrons. The molecule has 1 heterocycles. The summed E-state index contributed by atoms with van der Waals surface area (Å²) in [7, 11) is 0. The zero-order chi connectivity index (χ0) is 24.1. The summed E-state index contributed by atoms with van der Waals surface area (Å²) in [5, 5.41) is 2.64. The summed E-state index contributed by atoms with van der Waals surface area (Å²) < 4.78 is 12.7. The first-order chi connectivity index (χ1) is 16.5. The molecule has 0 aliphatic carbocycles. The van der Waals surface area contributed by atoms with E-state index in [0.717, 1.165) is 10.0 Å². The van der Waals surface area contributed by atoms with Crippen molar-refractivity contribution >= 4 is 56.8 Å². The minimum Gasteiger partial charge on any atom is -0.490 e. The summed E-state index contributed by atoms with van der Waals surface area (Å²) in [6.45, 7) is 2.66. The molecule has 1 aliphatic rings.